The van der Waals surface area contributed by atoms with Crippen molar-refractivity contribution in [2.24, 2.45) is 5.92 Å². The first kappa shape index (κ1) is 20.3. The lowest BCUT2D eigenvalue weighted by Crippen LogP contribution is -2.49. The van der Waals surface area contributed by atoms with Gasteiger partial charge in [0.1, 0.15) is 5.82 Å². The van der Waals surface area contributed by atoms with Crippen LogP contribution in [0.1, 0.15) is 30.0 Å². The molecule has 0 bridgehead atoms. The Morgan fingerprint density at radius 2 is 1.90 bits per heavy atom. The normalized spacial score (nSPS) is 18.8. The lowest BCUT2D eigenvalue weighted by molar-refractivity contribution is -0.148. The van der Waals surface area contributed by atoms with Crippen molar-refractivity contribution in [2.45, 2.75) is 25.8 Å². The molecule has 1 aliphatic rings. The van der Waals surface area contributed by atoms with Crippen molar-refractivity contribution in [3.8, 4) is 0 Å². The number of rotatable bonds is 3. The number of piperidine rings is 1. The molecular formula is C21H25N5O3. The monoisotopic (exact) mass is 395 g/mol. The molecule has 1 fully saturated rings. The Labute approximate surface area is 169 Å². The van der Waals surface area contributed by atoms with E-state index in [1.54, 1.807) is 20.0 Å². The molecule has 0 unspecified atom stereocenters. The van der Waals surface area contributed by atoms with Crippen molar-refractivity contribution in [1.82, 2.24) is 15.2 Å². The van der Waals surface area contributed by atoms with Gasteiger partial charge in [0.15, 0.2) is 0 Å². The number of carbonyl (C=O) groups excluding carboxylic acids is 3. The summed E-state index contributed by atoms with van der Waals surface area (Å²) in [5.41, 5.74) is 7.74. The number of likely N-dealkylation sites (tertiary alicyclic amines) is 1. The number of hydrogen-bond acceptors (Lipinski definition) is 5. The van der Waals surface area contributed by atoms with E-state index in [0.717, 1.165) is 5.56 Å². The van der Waals surface area contributed by atoms with Gasteiger partial charge in [0.25, 0.3) is 0 Å². The summed E-state index contributed by atoms with van der Waals surface area (Å²) in [6.45, 7) is 1.95. The summed E-state index contributed by atoms with van der Waals surface area (Å²) in [7, 11) is 1.57. The molecule has 8 nitrogen and oxygen atoms in total. The smallest absolute Gasteiger partial charge is 0.313 e. The topological polar surface area (TPSA) is 117 Å². The van der Waals surface area contributed by atoms with E-state index in [2.05, 4.69) is 15.6 Å². The Morgan fingerprint density at radius 1 is 1.17 bits per heavy atom. The number of nitrogens with two attached hydrogens (primary N) is 1. The number of nitrogens with zero attached hydrogens (tertiary/aromatic N) is 2. The summed E-state index contributed by atoms with van der Waals surface area (Å²) < 4.78 is 0. The van der Waals surface area contributed by atoms with E-state index >= 15 is 0 Å². The van der Waals surface area contributed by atoms with Crippen LogP contribution in [0.3, 0.4) is 0 Å². The highest BCUT2D eigenvalue weighted by Gasteiger charge is 2.37. The van der Waals surface area contributed by atoms with Gasteiger partial charge in [0.05, 0.1) is 23.8 Å². The van der Waals surface area contributed by atoms with Gasteiger partial charge in [-0.1, -0.05) is 30.3 Å². The first-order valence-corrected chi connectivity index (χ1v) is 9.51. The van der Waals surface area contributed by atoms with Gasteiger partial charge in [0, 0.05) is 13.6 Å². The Balaban J connectivity index is 1.82. The Morgan fingerprint density at radius 3 is 2.55 bits per heavy atom. The van der Waals surface area contributed by atoms with E-state index in [4.69, 9.17) is 5.73 Å². The summed E-state index contributed by atoms with van der Waals surface area (Å²) in [5, 5.41) is 5.22. The maximum Gasteiger partial charge on any atom is 0.313 e. The number of pyridine rings is 1. The highest BCUT2D eigenvalue weighted by Crippen LogP contribution is 2.33. The SMILES string of the molecule is CNC(=O)[C@@H]1CC[C@@H](c2ccccc2)N(C(=O)C(=O)Nc2cnc(N)c(C)c2)C1. The van der Waals surface area contributed by atoms with Crippen LogP contribution in [0.2, 0.25) is 0 Å². The fraction of sp³-hybridized carbons (Fsp3) is 0.333. The second-order valence-corrected chi connectivity index (χ2v) is 7.15. The van der Waals surface area contributed by atoms with E-state index in [1.807, 2.05) is 30.3 Å². The summed E-state index contributed by atoms with van der Waals surface area (Å²) in [5.74, 6) is -1.57. The number of amides is 3. The molecule has 0 aliphatic carbocycles. The largest absolute Gasteiger partial charge is 0.383 e. The minimum absolute atomic E-state index is 0.131. The Kier molecular flexibility index (Phi) is 6.11. The lowest BCUT2D eigenvalue weighted by Gasteiger charge is -2.39. The molecule has 1 aliphatic heterocycles. The van der Waals surface area contributed by atoms with Crippen LogP contribution in [0.4, 0.5) is 11.5 Å². The number of aromatic nitrogens is 1. The molecule has 3 rings (SSSR count). The van der Waals surface area contributed by atoms with E-state index in [0.29, 0.717) is 29.9 Å². The average molecular weight is 395 g/mol. The van der Waals surface area contributed by atoms with Gasteiger partial charge in [-0.05, 0) is 37.0 Å². The van der Waals surface area contributed by atoms with Crippen LogP contribution in [0.15, 0.2) is 42.6 Å². The molecule has 29 heavy (non-hydrogen) atoms. The summed E-state index contributed by atoms with van der Waals surface area (Å²) in [6.07, 6.45) is 2.65. The van der Waals surface area contributed by atoms with Crippen LogP contribution >= 0.6 is 0 Å². The van der Waals surface area contributed by atoms with Gasteiger partial charge in [-0.25, -0.2) is 4.98 Å². The first-order chi connectivity index (χ1) is 13.9. The van der Waals surface area contributed by atoms with Crippen molar-refractivity contribution in [2.75, 3.05) is 24.6 Å². The molecular weight excluding hydrogens is 370 g/mol. The quantitative estimate of drug-likeness (QED) is 0.683. The van der Waals surface area contributed by atoms with Crippen molar-refractivity contribution in [3.05, 3.63) is 53.7 Å². The number of hydrogen-bond donors (Lipinski definition) is 3. The predicted octanol–water partition coefficient (Wildman–Crippen LogP) is 1.64. The zero-order valence-corrected chi connectivity index (χ0v) is 16.5. The lowest BCUT2D eigenvalue weighted by atomic mass is 9.88. The number of carbonyl (C=O) groups is 3. The number of anilines is 2. The zero-order chi connectivity index (χ0) is 21.0. The molecule has 3 amide bonds. The summed E-state index contributed by atoms with van der Waals surface area (Å²) in [4.78, 5) is 43.3. The molecule has 1 saturated heterocycles. The molecule has 4 N–H and O–H groups in total. The number of benzene rings is 1. The highest BCUT2D eigenvalue weighted by atomic mass is 16.2. The van der Waals surface area contributed by atoms with Crippen LogP contribution in [0.5, 0.6) is 0 Å². The van der Waals surface area contributed by atoms with Crippen LogP contribution < -0.4 is 16.4 Å². The minimum Gasteiger partial charge on any atom is -0.383 e. The van der Waals surface area contributed by atoms with Crippen molar-refractivity contribution >= 4 is 29.2 Å². The molecule has 0 saturated carbocycles. The molecule has 0 radical (unpaired) electrons. The minimum atomic E-state index is -0.769. The van der Waals surface area contributed by atoms with Gasteiger partial charge in [-0.15, -0.1) is 0 Å². The van der Waals surface area contributed by atoms with Gasteiger partial charge in [-0.3, -0.25) is 14.4 Å². The number of aryl methyl sites for hydroxylation is 1. The van der Waals surface area contributed by atoms with Crippen LogP contribution in [-0.4, -0.2) is 41.2 Å². The van der Waals surface area contributed by atoms with Crippen molar-refractivity contribution in [1.29, 1.82) is 0 Å². The Bertz CT molecular complexity index is 916. The number of nitrogen functional groups attached to an aromatic ring is 1. The zero-order valence-electron chi connectivity index (χ0n) is 16.5. The molecule has 1 aromatic heterocycles. The van der Waals surface area contributed by atoms with Crippen LogP contribution in [-0.2, 0) is 14.4 Å². The average Bonchev–Trinajstić information content (AvgIpc) is 2.75. The summed E-state index contributed by atoms with van der Waals surface area (Å²) >= 11 is 0. The van der Waals surface area contributed by atoms with Gasteiger partial charge in [-0.2, -0.15) is 0 Å². The third kappa shape index (κ3) is 4.53. The highest BCUT2D eigenvalue weighted by molar-refractivity contribution is 6.39. The molecule has 152 valence electrons. The number of nitrogens with one attached hydrogen (secondary N) is 2. The van der Waals surface area contributed by atoms with Gasteiger partial charge in [0.2, 0.25) is 5.91 Å². The van der Waals surface area contributed by atoms with E-state index in [-0.39, 0.29) is 24.4 Å². The van der Waals surface area contributed by atoms with Gasteiger partial charge < -0.3 is 21.3 Å². The predicted molar refractivity (Wildman–Crippen MR) is 110 cm³/mol. The summed E-state index contributed by atoms with van der Waals surface area (Å²) in [6, 6.07) is 10.9. The second kappa shape index (κ2) is 8.72. The fourth-order valence-corrected chi connectivity index (χ4v) is 3.60. The molecule has 2 aromatic rings. The molecule has 8 heteroatoms. The molecule has 0 spiro atoms. The fourth-order valence-electron chi connectivity index (χ4n) is 3.60. The third-order valence-corrected chi connectivity index (χ3v) is 5.22. The van der Waals surface area contributed by atoms with Crippen LogP contribution in [0.25, 0.3) is 0 Å². The van der Waals surface area contributed by atoms with E-state index in [1.165, 1.54) is 11.1 Å². The third-order valence-electron chi connectivity index (χ3n) is 5.22. The molecule has 2 heterocycles. The van der Waals surface area contributed by atoms with Crippen LogP contribution in [0, 0.1) is 12.8 Å². The van der Waals surface area contributed by atoms with Gasteiger partial charge >= 0.3 is 11.8 Å². The van der Waals surface area contributed by atoms with Crippen molar-refractivity contribution in [3.63, 3.8) is 0 Å². The maximum atomic E-state index is 13.0. The first-order valence-electron chi connectivity index (χ1n) is 9.51. The van der Waals surface area contributed by atoms with E-state index in [9.17, 15) is 14.4 Å². The van der Waals surface area contributed by atoms with Crippen molar-refractivity contribution < 1.29 is 14.4 Å². The van der Waals surface area contributed by atoms with E-state index < -0.39 is 11.8 Å². The maximum absolute atomic E-state index is 13.0. The Hall–Kier alpha value is -3.42. The molecule has 2 atom stereocenters. The second-order valence-electron chi connectivity index (χ2n) is 7.15. The molecule has 1 aromatic carbocycles. The standard InChI is InChI=1S/C21H25N5O3/c1-13-10-16(11-24-18(13)22)25-20(28)21(29)26-12-15(19(27)23-2)8-9-17(26)14-6-4-3-5-7-14/h3-7,10-11,15,17H,8-9,12H2,1-2H3,(H2,22,24)(H,23,27)(H,25,28)/t15-,17+/m1/s1.